The van der Waals surface area contributed by atoms with Crippen molar-refractivity contribution in [2.75, 3.05) is 18.0 Å². The van der Waals surface area contributed by atoms with Crippen molar-refractivity contribution in [2.24, 2.45) is 0 Å². The van der Waals surface area contributed by atoms with E-state index in [0.29, 0.717) is 17.3 Å². The monoisotopic (exact) mass is 244 g/mol. The predicted molar refractivity (Wildman–Crippen MR) is 65.3 cm³/mol. The normalized spacial score (nSPS) is 10.0. The number of benzene rings is 1. The van der Waals surface area contributed by atoms with E-state index in [1.54, 1.807) is 23.9 Å². The highest BCUT2D eigenvalue weighted by atomic mass is 35.5. The number of hydrogen-bond donors (Lipinski definition) is 2. The molecule has 1 aromatic rings. The van der Waals surface area contributed by atoms with E-state index in [1.165, 1.54) is 6.92 Å². The molecule has 0 spiro atoms. The molecule has 0 unspecified atom stereocenters. The molecular formula is C10H13ClN2OS. The number of anilines is 1. The number of nitrogens with two attached hydrogens (primary N) is 1. The molecule has 0 aromatic heterocycles. The van der Waals surface area contributed by atoms with E-state index < -0.39 is 0 Å². The second-order valence-corrected chi connectivity index (χ2v) is 4.59. The third-order valence-electron chi connectivity index (χ3n) is 1.71. The zero-order chi connectivity index (χ0) is 11.3. The molecule has 1 aromatic carbocycles. The van der Waals surface area contributed by atoms with Gasteiger partial charge in [0.05, 0.1) is 0 Å². The minimum absolute atomic E-state index is 0.0142. The number of hydrogen-bond acceptors (Lipinski definition) is 3. The van der Waals surface area contributed by atoms with Gasteiger partial charge in [-0.1, -0.05) is 11.6 Å². The van der Waals surface area contributed by atoms with Crippen molar-refractivity contribution >= 4 is 35.0 Å². The van der Waals surface area contributed by atoms with Gasteiger partial charge < -0.3 is 11.1 Å². The van der Waals surface area contributed by atoms with E-state index in [9.17, 15) is 4.79 Å². The minimum Gasteiger partial charge on any atom is -0.398 e. The average Bonchev–Trinajstić information content (AvgIpc) is 2.14. The van der Waals surface area contributed by atoms with Crippen molar-refractivity contribution in [2.45, 2.75) is 11.8 Å². The quantitative estimate of drug-likeness (QED) is 0.485. The molecule has 0 aliphatic rings. The van der Waals surface area contributed by atoms with E-state index in [0.717, 1.165) is 10.6 Å². The van der Waals surface area contributed by atoms with Crippen molar-refractivity contribution < 1.29 is 4.79 Å². The van der Waals surface area contributed by atoms with Crippen LogP contribution in [0, 0.1) is 0 Å². The molecule has 15 heavy (non-hydrogen) atoms. The van der Waals surface area contributed by atoms with Crippen LogP contribution in [-0.2, 0) is 4.79 Å². The summed E-state index contributed by atoms with van der Waals surface area (Å²) in [7, 11) is 0. The van der Waals surface area contributed by atoms with E-state index in [4.69, 9.17) is 17.3 Å². The van der Waals surface area contributed by atoms with Crippen LogP contribution in [-0.4, -0.2) is 18.2 Å². The fourth-order valence-corrected chi connectivity index (χ4v) is 2.03. The molecule has 0 aliphatic heterocycles. The number of nitrogen functional groups attached to an aromatic ring is 1. The fraction of sp³-hybridized carbons (Fsp3) is 0.300. The molecule has 3 nitrogen and oxygen atoms in total. The molecule has 82 valence electrons. The number of carbonyl (C=O) groups is 1. The third kappa shape index (κ3) is 4.44. The number of carbonyl (C=O) groups excluding carboxylic acids is 1. The number of halogens is 1. The summed E-state index contributed by atoms with van der Waals surface area (Å²) in [5.74, 6) is 0.783. The summed E-state index contributed by atoms with van der Waals surface area (Å²) in [6.07, 6.45) is 0. The maximum atomic E-state index is 10.6. The fourth-order valence-electron chi connectivity index (χ4n) is 1.04. The molecule has 0 heterocycles. The van der Waals surface area contributed by atoms with Crippen LogP contribution in [0.25, 0.3) is 0 Å². The van der Waals surface area contributed by atoms with Crippen LogP contribution in [0.15, 0.2) is 23.1 Å². The molecule has 0 aliphatic carbocycles. The number of nitrogens with one attached hydrogen (secondary N) is 1. The minimum atomic E-state index is -0.0142. The largest absolute Gasteiger partial charge is 0.398 e. The first-order chi connectivity index (χ1) is 7.09. The maximum absolute atomic E-state index is 10.6. The van der Waals surface area contributed by atoms with Crippen LogP contribution in [0.2, 0.25) is 5.02 Å². The molecule has 0 atom stereocenters. The summed E-state index contributed by atoms with van der Waals surface area (Å²) in [5.41, 5.74) is 6.45. The second-order valence-electron chi connectivity index (χ2n) is 3.01. The van der Waals surface area contributed by atoms with Crippen LogP contribution in [0.3, 0.4) is 0 Å². The van der Waals surface area contributed by atoms with Crippen LogP contribution in [0.4, 0.5) is 5.69 Å². The van der Waals surface area contributed by atoms with Crippen LogP contribution >= 0.6 is 23.4 Å². The molecule has 3 N–H and O–H groups in total. The first-order valence-corrected chi connectivity index (χ1v) is 5.88. The topological polar surface area (TPSA) is 55.1 Å². The van der Waals surface area contributed by atoms with Crippen LogP contribution in [0.1, 0.15) is 6.92 Å². The van der Waals surface area contributed by atoms with Crippen molar-refractivity contribution in [1.82, 2.24) is 5.32 Å². The Morgan fingerprint density at radius 1 is 1.60 bits per heavy atom. The lowest BCUT2D eigenvalue weighted by Gasteiger charge is -2.05. The zero-order valence-corrected chi connectivity index (χ0v) is 9.99. The van der Waals surface area contributed by atoms with Crippen molar-refractivity contribution in [3.05, 3.63) is 23.2 Å². The molecule has 0 radical (unpaired) electrons. The van der Waals surface area contributed by atoms with Gasteiger partial charge in [-0.25, -0.2) is 0 Å². The smallest absolute Gasteiger partial charge is 0.216 e. The molecule has 0 fully saturated rings. The lowest BCUT2D eigenvalue weighted by molar-refractivity contribution is -0.118. The second kappa shape index (κ2) is 5.88. The summed E-state index contributed by atoms with van der Waals surface area (Å²) in [6.45, 7) is 2.14. The van der Waals surface area contributed by atoms with Crippen molar-refractivity contribution in [3.8, 4) is 0 Å². The predicted octanol–water partition coefficient (Wildman–Crippen LogP) is 2.15. The standard InChI is InChI=1S/C10H13ClN2OS/c1-7(14)13-4-5-15-10-3-2-8(11)6-9(10)12/h2-3,6H,4-5,12H2,1H3,(H,13,14). The Labute approximate surface area is 98.4 Å². The first kappa shape index (κ1) is 12.2. The van der Waals surface area contributed by atoms with Gasteiger partial charge in [-0.3, -0.25) is 4.79 Å². The van der Waals surface area contributed by atoms with Gasteiger partial charge in [0.25, 0.3) is 0 Å². The maximum Gasteiger partial charge on any atom is 0.216 e. The Bertz CT molecular complexity index is 357. The molecule has 0 saturated carbocycles. The highest BCUT2D eigenvalue weighted by Crippen LogP contribution is 2.27. The number of rotatable bonds is 4. The molecule has 1 rings (SSSR count). The van der Waals surface area contributed by atoms with Gasteiger partial charge in [-0.2, -0.15) is 0 Å². The van der Waals surface area contributed by atoms with E-state index in [1.807, 2.05) is 6.07 Å². The van der Waals surface area contributed by atoms with Crippen molar-refractivity contribution in [3.63, 3.8) is 0 Å². The van der Waals surface area contributed by atoms with Crippen LogP contribution in [0.5, 0.6) is 0 Å². The summed E-state index contributed by atoms with van der Waals surface area (Å²) in [5, 5.41) is 3.36. The van der Waals surface area contributed by atoms with Gasteiger partial charge in [0.2, 0.25) is 5.91 Å². The molecule has 0 bridgehead atoms. The Balaban J connectivity index is 2.40. The Kier molecular flexibility index (Phi) is 4.78. The van der Waals surface area contributed by atoms with Gasteiger partial charge in [0.1, 0.15) is 0 Å². The Morgan fingerprint density at radius 2 is 2.33 bits per heavy atom. The Hall–Kier alpha value is -0.870. The molecule has 1 amide bonds. The first-order valence-electron chi connectivity index (χ1n) is 4.52. The third-order valence-corrected chi connectivity index (χ3v) is 3.03. The van der Waals surface area contributed by atoms with E-state index >= 15 is 0 Å². The summed E-state index contributed by atoms with van der Waals surface area (Å²) >= 11 is 7.37. The summed E-state index contributed by atoms with van der Waals surface area (Å²) in [6, 6.07) is 5.41. The lowest BCUT2D eigenvalue weighted by Crippen LogP contribution is -2.22. The van der Waals surface area contributed by atoms with Crippen LogP contribution < -0.4 is 11.1 Å². The van der Waals surface area contributed by atoms with Gasteiger partial charge in [0, 0.05) is 34.8 Å². The SMILES string of the molecule is CC(=O)NCCSc1ccc(Cl)cc1N. The highest BCUT2D eigenvalue weighted by molar-refractivity contribution is 7.99. The molecule has 0 saturated heterocycles. The van der Waals surface area contributed by atoms with E-state index in [2.05, 4.69) is 5.32 Å². The van der Waals surface area contributed by atoms with Gasteiger partial charge in [0.15, 0.2) is 0 Å². The number of amides is 1. The number of thioether (sulfide) groups is 1. The molecular weight excluding hydrogens is 232 g/mol. The van der Waals surface area contributed by atoms with E-state index in [-0.39, 0.29) is 5.91 Å². The average molecular weight is 245 g/mol. The van der Waals surface area contributed by atoms with Crippen molar-refractivity contribution in [1.29, 1.82) is 0 Å². The summed E-state index contributed by atoms with van der Waals surface area (Å²) in [4.78, 5) is 11.6. The zero-order valence-electron chi connectivity index (χ0n) is 8.42. The Morgan fingerprint density at radius 3 is 2.93 bits per heavy atom. The molecule has 5 heteroatoms. The van der Waals surface area contributed by atoms with Gasteiger partial charge in [-0.05, 0) is 18.2 Å². The lowest BCUT2D eigenvalue weighted by atomic mass is 10.3. The summed E-state index contributed by atoms with van der Waals surface area (Å²) < 4.78 is 0. The highest BCUT2D eigenvalue weighted by Gasteiger charge is 2.00. The van der Waals surface area contributed by atoms with Gasteiger partial charge in [-0.15, -0.1) is 11.8 Å². The van der Waals surface area contributed by atoms with Gasteiger partial charge >= 0.3 is 0 Å².